The molecule has 30 heavy (non-hydrogen) atoms. The van der Waals surface area contributed by atoms with Crippen molar-refractivity contribution in [3.63, 3.8) is 0 Å². The van der Waals surface area contributed by atoms with Gasteiger partial charge in [0.2, 0.25) is 5.89 Å². The molecule has 0 spiro atoms. The van der Waals surface area contributed by atoms with Gasteiger partial charge in [0.25, 0.3) is 11.4 Å². The van der Waals surface area contributed by atoms with Gasteiger partial charge in [-0.25, -0.2) is 4.98 Å². The van der Waals surface area contributed by atoms with Crippen LogP contribution in [0.15, 0.2) is 70.6 Å². The maximum absolute atomic E-state index is 12.9. The summed E-state index contributed by atoms with van der Waals surface area (Å²) in [5.74, 6) is -0.308. The highest BCUT2D eigenvalue weighted by Gasteiger charge is 2.17. The van der Waals surface area contributed by atoms with Crippen molar-refractivity contribution < 1.29 is 13.2 Å². The lowest BCUT2D eigenvalue weighted by Gasteiger charge is -2.13. The Morgan fingerprint density at radius 2 is 1.83 bits per heavy atom. The van der Waals surface area contributed by atoms with Crippen LogP contribution in [0.4, 0.5) is 8.78 Å². The second-order valence-corrected chi connectivity index (χ2v) is 6.28. The maximum Gasteiger partial charge on any atom is 0.314 e. The highest BCUT2D eigenvalue weighted by molar-refractivity contribution is 5.57. The van der Waals surface area contributed by atoms with E-state index >= 15 is 0 Å². The molecule has 0 radical (unpaired) electrons. The summed E-state index contributed by atoms with van der Waals surface area (Å²) in [5, 5.41) is 6.90. The minimum absolute atomic E-state index is 0.0539. The van der Waals surface area contributed by atoms with E-state index in [0.717, 1.165) is 5.56 Å². The number of benzene rings is 1. The van der Waals surface area contributed by atoms with E-state index in [1.54, 1.807) is 12.1 Å². The normalized spacial score (nSPS) is 11.0. The van der Waals surface area contributed by atoms with Crippen molar-refractivity contribution in [1.29, 1.82) is 0 Å². The molecule has 0 atom stereocenters. The van der Waals surface area contributed by atoms with Crippen molar-refractivity contribution in [2.75, 3.05) is 0 Å². The van der Waals surface area contributed by atoms with E-state index in [9.17, 15) is 13.6 Å². The fourth-order valence-corrected chi connectivity index (χ4v) is 2.86. The van der Waals surface area contributed by atoms with Crippen LogP contribution in [0.1, 0.15) is 23.6 Å². The molecule has 0 N–H and O–H groups in total. The molecular formula is C21H15F2N5O2. The molecule has 0 aliphatic heterocycles. The number of pyridine rings is 1. The Bertz CT molecular complexity index is 1230. The molecule has 0 saturated heterocycles. The molecule has 3 aromatic heterocycles. The molecule has 4 aromatic rings. The van der Waals surface area contributed by atoms with Gasteiger partial charge in [-0.2, -0.15) is 8.78 Å². The zero-order chi connectivity index (χ0) is 21.1. The Morgan fingerprint density at radius 1 is 1.03 bits per heavy atom. The molecule has 3 heterocycles. The van der Waals surface area contributed by atoms with Crippen LogP contribution in [0.3, 0.4) is 0 Å². The third-order valence-electron chi connectivity index (χ3n) is 4.34. The smallest absolute Gasteiger partial charge is 0.314 e. The molecule has 0 unspecified atom stereocenters. The first-order valence-electron chi connectivity index (χ1n) is 8.91. The first kappa shape index (κ1) is 19.3. The van der Waals surface area contributed by atoms with E-state index < -0.39 is 12.3 Å². The van der Waals surface area contributed by atoms with Crippen molar-refractivity contribution in [3.8, 4) is 22.8 Å². The molecule has 7 nitrogen and oxygen atoms in total. The van der Waals surface area contributed by atoms with Crippen molar-refractivity contribution in [2.24, 2.45) is 0 Å². The standard InChI is InChI=1S/C21H15F2N5O2/c1-2-13-10-25-18(14-6-4-3-5-7-14)28(21(13)29)12-16-9-8-15(11-24-16)19-26-27-20(30-19)17(22)23/h2-11,17H,1,12H2. The third-order valence-corrected chi connectivity index (χ3v) is 4.34. The minimum atomic E-state index is -2.84. The lowest BCUT2D eigenvalue weighted by molar-refractivity contribution is 0.116. The minimum Gasteiger partial charge on any atom is -0.415 e. The van der Waals surface area contributed by atoms with Crippen molar-refractivity contribution in [1.82, 2.24) is 24.7 Å². The number of hydrogen-bond donors (Lipinski definition) is 0. The fourth-order valence-electron chi connectivity index (χ4n) is 2.86. The highest BCUT2D eigenvalue weighted by atomic mass is 19.3. The van der Waals surface area contributed by atoms with Crippen LogP contribution in [-0.4, -0.2) is 24.7 Å². The Morgan fingerprint density at radius 3 is 2.47 bits per heavy atom. The van der Waals surface area contributed by atoms with Gasteiger partial charge in [0.1, 0.15) is 5.82 Å². The summed E-state index contributed by atoms with van der Waals surface area (Å²) in [6, 6.07) is 12.6. The molecule has 1 aromatic carbocycles. The summed E-state index contributed by atoms with van der Waals surface area (Å²) in [6.45, 7) is 3.81. The van der Waals surface area contributed by atoms with Gasteiger partial charge in [-0.05, 0) is 12.1 Å². The van der Waals surface area contributed by atoms with E-state index in [4.69, 9.17) is 4.42 Å². The van der Waals surface area contributed by atoms with Crippen LogP contribution in [0, 0.1) is 0 Å². The largest absolute Gasteiger partial charge is 0.415 e. The summed E-state index contributed by atoms with van der Waals surface area (Å²) in [7, 11) is 0. The summed E-state index contributed by atoms with van der Waals surface area (Å²) < 4.78 is 31.7. The molecule has 0 bridgehead atoms. The van der Waals surface area contributed by atoms with Gasteiger partial charge in [-0.3, -0.25) is 14.3 Å². The predicted octanol–water partition coefficient (Wildman–Crippen LogP) is 3.98. The van der Waals surface area contributed by atoms with Crippen molar-refractivity contribution in [2.45, 2.75) is 13.0 Å². The van der Waals surface area contributed by atoms with E-state index in [0.29, 0.717) is 22.6 Å². The van der Waals surface area contributed by atoms with Gasteiger partial charge in [-0.1, -0.05) is 43.0 Å². The molecule has 4 rings (SSSR count). The van der Waals surface area contributed by atoms with Gasteiger partial charge in [-0.15, -0.1) is 10.2 Å². The lowest BCUT2D eigenvalue weighted by atomic mass is 10.2. The Kier molecular flexibility index (Phi) is 5.25. The quantitative estimate of drug-likeness (QED) is 0.480. The van der Waals surface area contributed by atoms with Crippen LogP contribution >= 0.6 is 0 Å². The Hall–Kier alpha value is -4.01. The molecule has 9 heteroatoms. The monoisotopic (exact) mass is 407 g/mol. The number of halogens is 2. The zero-order valence-electron chi connectivity index (χ0n) is 15.6. The number of rotatable bonds is 6. The number of nitrogens with zero attached hydrogens (tertiary/aromatic N) is 5. The van der Waals surface area contributed by atoms with Crippen LogP contribution < -0.4 is 5.56 Å². The SMILES string of the molecule is C=Cc1cnc(-c2ccccc2)n(Cc2ccc(-c3nnc(C(F)F)o3)cn2)c1=O. The van der Waals surface area contributed by atoms with Crippen molar-refractivity contribution in [3.05, 3.63) is 88.9 Å². The first-order valence-corrected chi connectivity index (χ1v) is 8.91. The van der Waals surface area contributed by atoms with Gasteiger partial charge in [0, 0.05) is 18.0 Å². The maximum atomic E-state index is 12.9. The van der Waals surface area contributed by atoms with Gasteiger partial charge in [0.15, 0.2) is 0 Å². The third kappa shape index (κ3) is 3.77. The molecule has 0 aliphatic carbocycles. The van der Waals surface area contributed by atoms with Crippen LogP contribution in [0.25, 0.3) is 28.9 Å². The number of hydrogen-bond acceptors (Lipinski definition) is 6. The van der Waals surface area contributed by atoms with Gasteiger partial charge in [0.05, 0.1) is 23.4 Å². The Labute approximate surface area is 169 Å². The molecule has 0 saturated carbocycles. The molecule has 0 aliphatic rings. The average Bonchev–Trinajstić information content (AvgIpc) is 3.27. The van der Waals surface area contributed by atoms with E-state index in [1.165, 1.54) is 23.0 Å². The predicted molar refractivity (Wildman–Crippen MR) is 106 cm³/mol. The zero-order valence-corrected chi connectivity index (χ0v) is 15.6. The van der Waals surface area contributed by atoms with E-state index in [2.05, 4.69) is 26.7 Å². The van der Waals surface area contributed by atoms with Crippen LogP contribution in [0.2, 0.25) is 0 Å². The molecular weight excluding hydrogens is 392 g/mol. The summed E-state index contributed by atoms with van der Waals surface area (Å²) in [6.07, 6.45) is 1.52. The summed E-state index contributed by atoms with van der Waals surface area (Å²) in [4.78, 5) is 21.6. The van der Waals surface area contributed by atoms with Crippen LogP contribution in [0.5, 0.6) is 0 Å². The Balaban J connectivity index is 1.68. The van der Waals surface area contributed by atoms with E-state index in [-0.39, 0.29) is 18.0 Å². The molecule has 0 fully saturated rings. The van der Waals surface area contributed by atoms with Crippen molar-refractivity contribution >= 4 is 6.08 Å². The fraction of sp³-hybridized carbons (Fsp3) is 0.0952. The van der Waals surface area contributed by atoms with Gasteiger partial charge >= 0.3 is 6.43 Å². The molecule has 150 valence electrons. The first-order chi connectivity index (χ1) is 14.6. The summed E-state index contributed by atoms with van der Waals surface area (Å²) in [5.41, 5.74) is 1.87. The topological polar surface area (TPSA) is 86.7 Å². The highest BCUT2D eigenvalue weighted by Crippen LogP contribution is 2.23. The van der Waals surface area contributed by atoms with Gasteiger partial charge < -0.3 is 4.42 Å². The second kappa shape index (κ2) is 8.16. The lowest BCUT2D eigenvalue weighted by Crippen LogP contribution is -2.25. The average molecular weight is 407 g/mol. The van der Waals surface area contributed by atoms with E-state index in [1.807, 2.05) is 30.3 Å². The number of alkyl halides is 2. The number of aromatic nitrogens is 5. The van der Waals surface area contributed by atoms with Crippen LogP contribution in [-0.2, 0) is 6.54 Å². The second-order valence-electron chi connectivity index (χ2n) is 6.28. The summed E-state index contributed by atoms with van der Waals surface area (Å²) >= 11 is 0. The molecule has 0 amide bonds.